The van der Waals surface area contributed by atoms with Crippen molar-refractivity contribution in [2.24, 2.45) is 0 Å². The average Bonchev–Trinajstić information content (AvgIpc) is 2.88. The first kappa shape index (κ1) is 22.4. The smallest absolute Gasteiger partial charge is 0.256 e. The van der Waals surface area contributed by atoms with Crippen LogP contribution in [0.3, 0.4) is 0 Å². The first-order valence-corrected chi connectivity index (χ1v) is 13.3. The topological polar surface area (TPSA) is 70.2 Å². The van der Waals surface area contributed by atoms with Crippen molar-refractivity contribution in [1.82, 2.24) is 9.21 Å². The largest absolute Gasteiger partial charge is 0.378 e. The van der Waals surface area contributed by atoms with Crippen molar-refractivity contribution in [1.29, 1.82) is 0 Å². The Morgan fingerprint density at radius 3 is 2.33 bits per heavy atom. The predicted octanol–water partition coefficient (Wildman–Crippen LogP) is 2.90. The molecule has 0 aromatic heterocycles. The summed E-state index contributed by atoms with van der Waals surface area (Å²) in [5, 5.41) is 0. The summed E-state index contributed by atoms with van der Waals surface area (Å²) in [5.41, 5.74) is 3.69. The number of ether oxygens (including phenoxy) is 1. The number of amides is 1. The molecule has 8 heteroatoms. The molecular formula is C25H31N3O4S. The van der Waals surface area contributed by atoms with Crippen LogP contribution in [0.15, 0.2) is 47.4 Å². The van der Waals surface area contributed by atoms with E-state index in [0.29, 0.717) is 58.0 Å². The van der Waals surface area contributed by atoms with E-state index in [2.05, 4.69) is 17.0 Å². The number of nitrogens with zero attached hydrogens (tertiary/aromatic N) is 3. The highest BCUT2D eigenvalue weighted by Gasteiger charge is 2.30. The summed E-state index contributed by atoms with van der Waals surface area (Å²) in [6.45, 7) is 4.81. The van der Waals surface area contributed by atoms with Crippen molar-refractivity contribution in [3.05, 3.63) is 59.2 Å². The maximum Gasteiger partial charge on any atom is 0.256 e. The molecular weight excluding hydrogens is 438 g/mol. The van der Waals surface area contributed by atoms with Crippen LogP contribution in [0.5, 0.6) is 0 Å². The number of carbonyl (C=O) groups is 1. The predicted molar refractivity (Wildman–Crippen MR) is 127 cm³/mol. The number of hydrogen-bond donors (Lipinski definition) is 0. The van der Waals surface area contributed by atoms with Crippen molar-refractivity contribution >= 4 is 21.6 Å². The number of rotatable bonds is 4. The van der Waals surface area contributed by atoms with E-state index in [4.69, 9.17) is 4.74 Å². The fraction of sp³-hybridized carbons (Fsp3) is 0.480. The number of hydrogen-bond acceptors (Lipinski definition) is 5. The molecule has 0 radical (unpaired) electrons. The van der Waals surface area contributed by atoms with E-state index in [1.54, 1.807) is 16.4 Å². The molecule has 2 aromatic rings. The van der Waals surface area contributed by atoms with E-state index >= 15 is 0 Å². The van der Waals surface area contributed by atoms with Gasteiger partial charge in [0, 0.05) is 45.0 Å². The molecule has 2 aromatic carbocycles. The van der Waals surface area contributed by atoms with Crippen molar-refractivity contribution in [2.45, 2.75) is 37.1 Å². The lowest BCUT2D eigenvalue weighted by Crippen LogP contribution is -2.40. The molecule has 2 saturated heterocycles. The fourth-order valence-electron chi connectivity index (χ4n) is 5.02. The van der Waals surface area contributed by atoms with Gasteiger partial charge in [0.1, 0.15) is 0 Å². The Hall–Kier alpha value is -2.42. The van der Waals surface area contributed by atoms with E-state index in [9.17, 15) is 13.2 Å². The maximum absolute atomic E-state index is 13.8. The minimum absolute atomic E-state index is 0.110. The molecule has 3 aliphatic rings. The van der Waals surface area contributed by atoms with Gasteiger partial charge in [-0.25, -0.2) is 8.42 Å². The van der Waals surface area contributed by atoms with Gasteiger partial charge in [-0.1, -0.05) is 30.7 Å². The summed E-state index contributed by atoms with van der Waals surface area (Å²) in [4.78, 5) is 18.0. The van der Waals surface area contributed by atoms with Gasteiger partial charge in [-0.05, 0) is 48.6 Å². The Balaban J connectivity index is 1.50. The zero-order valence-electron chi connectivity index (χ0n) is 18.9. The molecule has 176 valence electrons. The maximum atomic E-state index is 13.8. The molecule has 0 spiro atoms. The van der Waals surface area contributed by atoms with E-state index in [1.165, 1.54) is 5.56 Å². The van der Waals surface area contributed by atoms with Gasteiger partial charge in [0.05, 0.1) is 23.7 Å². The number of fused-ring (bicyclic) bond motifs is 1. The molecule has 33 heavy (non-hydrogen) atoms. The molecule has 0 saturated carbocycles. The minimum atomic E-state index is -3.63. The van der Waals surface area contributed by atoms with E-state index in [1.807, 2.05) is 23.1 Å². The van der Waals surface area contributed by atoms with Crippen LogP contribution in [0.1, 0.15) is 40.7 Å². The van der Waals surface area contributed by atoms with Crippen LogP contribution < -0.4 is 4.90 Å². The summed E-state index contributed by atoms with van der Waals surface area (Å²) in [6.07, 6.45) is 3.62. The van der Waals surface area contributed by atoms with Crippen molar-refractivity contribution in [3.8, 4) is 0 Å². The number of morpholine rings is 1. The summed E-state index contributed by atoms with van der Waals surface area (Å²) in [7, 11) is -3.63. The average molecular weight is 470 g/mol. The van der Waals surface area contributed by atoms with Crippen LogP contribution in [-0.2, 0) is 27.7 Å². The third-order valence-corrected chi connectivity index (χ3v) is 8.82. The second-order valence-electron chi connectivity index (χ2n) is 8.99. The van der Waals surface area contributed by atoms with Gasteiger partial charge in [-0.3, -0.25) is 4.79 Å². The van der Waals surface area contributed by atoms with Crippen molar-refractivity contribution in [3.63, 3.8) is 0 Å². The zero-order chi connectivity index (χ0) is 22.8. The summed E-state index contributed by atoms with van der Waals surface area (Å²) in [5.74, 6) is -0.110. The molecule has 0 unspecified atom stereocenters. The molecule has 0 atom stereocenters. The third kappa shape index (κ3) is 4.52. The van der Waals surface area contributed by atoms with E-state index in [-0.39, 0.29) is 10.8 Å². The van der Waals surface area contributed by atoms with Gasteiger partial charge in [-0.15, -0.1) is 0 Å². The summed E-state index contributed by atoms with van der Waals surface area (Å²) in [6, 6.07) is 13.3. The van der Waals surface area contributed by atoms with Crippen LogP contribution >= 0.6 is 0 Å². The Labute approximate surface area is 196 Å². The van der Waals surface area contributed by atoms with Crippen molar-refractivity contribution < 1.29 is 17.9 Å². The monoisotopic (exact) mass is 469 g/mol. The second kappa shape index (κ2) is 9.44. The van der Waals surface area contributed by atoms with Gasteiger partial charge in [0.15, 0.2) is 0 Å². The van der Waals surface area contributed by atoms with Gasteiger partial charge in [-0.2, -0.15) is 4.31 Å². The molecule has 3 aliphatic heterocycles. The molecule has 5 rings (SSSR count). The van der Waals surface area contributed by atoms with E-state index in [0.717, 1.165) is 36.9 Å². The van der Waals surface area contributed by atoms with Gasteiger partial charge >= 0.3 is 0 Å². The third-order valence-electron chi connectivity index (χ3n) is 6.92. The van der Waals surface area contributed by atoms with Gasteiger partial charge < -0.3 is 14.5 Å². The highest BCUT2D eigenvalue weighted by atomic mass is 32.2. The molecule has 7 nitrogen and oxygen atoms in total. The molecule has 0 aliphatic carbocycles. The molecule has 3 heterocycles. The van der Waals surface area contributed by atoms with Gasteiger partial charge in [0.2, 0.25) is 10.0 Å². The lowest BCUT2D eigenvalue weighted by Gasteiger charge is -2.34. The number of piperidine rings is 1. The quantitative estimate of drug-likeness (QED) is 0.689. The van der Waals surface area contributed by atoms with Crippen LogP contribution in [0.25, 0.3) is 0 Å². The standard InChI is InChI=1S/C25H31N3O4S/c29-25(27-13-10-20-6-2-3-7-21(20)19-27)23-18-22(33(30,31)28-11-4-1-5-12-28)8-9-24(23)26-14-16-32-17-15-26/h2-3,6-9,18H,1,4-5,10-17,19H2. The van der Waals surface area contributed by atoms with Crippen molar-refractivity contribution in [2.75, 3.05) is 50.8 Å². The lowest BCUT2D eigenvalue weighted by atomic mass is 9.99. The van der Waals surface area contributed by atoms with Gasteiger partial charge in [0.25, 0.3) is 5.91 Å². The van der Waals surface area contributed by atoms with Crippen LogP contribution in [-0.4, -0.2) is 69.5 Å². The summed E-state index contributed by atoms with van der Waals surface area (Å²) >= 11 is 0. The van der Waals surface area contributed by atoms with Crippen LogP contribution in [0, 0.1) is 0 Å². The molecule has 1 amide bonds. The van der Waals surface area contributed by atoms with Crippen LogP contribution in [0.4, 0.5) is 5.69 Å². The molecule has 2 fully saturated rings. The SMILES string of the molecule is O=C(c1cc(S(=O)(=O)N2CCCCC2)ccc1N1CCOCC1)N1CCc2ccccc2C1. The highest BCUT2D eigenvalue weighted by molar-refractivity contribution is 7.89. The number of carbonyl (C=O) groups excluding carboxylic acids is 1. The first-order valence-electron chi connectivity index (χ1n) is 11.9. The fourth-order valence-corrected chi connectivity index (χ4v) is 6.56. The Morgan fingerprint density at radius 2 is 1.58 bits per heavy atom. The Kier molecular flexibility index (Phi) is 6.40. The molecule has 0 bridgehead atoms. The van der Waals surface area contributed by atoms with Crippen LogP contribution in [0.2, 0.25) is 0 Å². The second-order valence-corrected chi connectivity index (χ2v) is 10.9. The number of sulfonamides is 1. The normalized spacial score (nSPS) is 19.9. The zero-order valence-corrected chi connectivity index (χ0v) is 19.7. The van der Waals surface area contributed by atoms with E-state index < -0.39 is 10.0 Å². The highest BCUT2D eigenvalue weighted by Crippen LogP contribution is 2.30. The summed E-state index contributed by atoms with van der Waals surface area (Å²) < 4.78 is 33.8. The number of benzene rings is 2. The number of anilines is 1. The Morgan fingerprint density at radius 1 is 0.848 bits per heavy atom. The first-order chi connectivity index (χ1) is 16.0. The Bertz CT molecular complexity index is 1120. The lowest BCUT2D eigenvalue weighted by molar-refractivity contribution is 0.0734. The minimum Gasteiger partial charge on any atom is -0.378 e. The molecule has 0 N–H and O–H groups in total.